The largest absolute Gasteiger partial charge is 0.396 e. The van der Waals surface area contributed by atoms with Gasteiger partial charge >= 0.3 is 0 Å². The number of carbonyl (C=O) groups is 1. The molecule has 0 radical (unpaired) electrons. The Kier molecular flexibility index (Phi) is 5.59. The molecule has 10 nitrogen and oxygen atoms in total. The molecule has 4 N–H and O–H groups in total. The highest BCUT2D eigenvalue weighted by Gasteiger charge is 2.39. The number of anilines is 3. The predicted molar refractivity (Wildman–Crippen MR) is 118 cm³/mol. The summed E-state index contributed by atoms with van der Waals surface area (Å²) in [6.07, 6.45) is 2.31. The van der Waals surface area contributed by atoms with Gasteiger partial charge in [0, 0.05) is 44.3 Å². The van der Waals surface area contributed by atoms with Gasteiger partial charge in [0.15, 0.2) is 5.65 Å². The fraction of sp³-hybridized carbons (Fsp3) is 0.429. The summed E-state index contributed by atoms with van der Waals surface area (Å²) in [7, 11) is 1.70. The Morgan fingerprint density at radius 1 is 1.41 bits per heavy atom. The molecule has 0 spiro atoms. The van der Waals surface area contributed by atoms with Crippen LogP contribution < -0.4 is 21.5 Å². The number of rotatable bonds is 8. The first kappa shape index (κ1) is 21.8. The third kappa shape index (κ3) is 4.15. The van der Waals surface area contributed by atoms with Crippen LogP contribution in [-0.2, 0) is 0 Å². The van der Waals surface area contributed by atoms with Crippen LogP contribution in [0.3, 0.4) is 0 Å². The summed E-state index contributed by atoms with van der Waals surface area (Å²) in [6.45, 7) is 3.87. The van der Waals surface area contributed by atoms with Crippen LogP contribution in [0.2, 0.25) is 0 Å². The second kappa shape index (κ2) is 8.23. The van der Waals surface area contributed by atoms with Gasteiger partial charge in [-0.25, -0.2) is 9.37 Å². The van der Waals surface area contributed by atoms with Crippen LogP contribution in [0.5, 0.6) is 0 Å². The lowest BCUT2D eigenvalue weighted by atomic mass is 9.95. The molecule has 2 atom stereocenters. The minimum absolute atomic E-state index is 0.0725. The van der Waals surface area contributed by atoms with Crippen molar-refractivity contribution in [3.63, 3.8) is 0 Å². The van der Waals surface area contributed by atoms with E-state index < -0.39 is 17.6 Å². The number of nitrogens with one attached hydrogen (secondary N) is 3. The van der Waals surface area contributed by atoms with Crippen molar-refractivity contribution in [1.82, 2.24) is 24.5 Å². The number of aromatic nitrogens is 4. The van der Waals surface area contributed by atoms with E-state index in [0.717, 1.165) is 0 Å². The van der Waals surface area contributed by atoms with Crippen LogP contribution in [0.15, 0.2) is 35.4 Å². The SMILES string of the molecule is CNc1cc(Nc2cccn([C@H]3C[C@@H]3F)c2=O)nc2c(C(=O)NCC(C)(C)CO)cnn12. The van der Waals surface area contributed by atoms with Gasteiger partial charge in [0.2, 0.25) is 0 Å². The van der Waals surface area contributed by atoms with E-state index in [0.29, 0.717) is 23.7 Å². The predicted octanol–water partition coefficient (Wildman–Crippen LogP) is 1.71. The zero-order chi connectivity index (χ0) is 23.0. The minimum atomic E-state index is -1.00. The normalized spacial score (nSPS) is 17.9. The molecular weight excluding hydrogens is 417 g/mol. The lowest BCUT2D eigenvalue weighted by Crippen LogP contribution is -2.36. The van der Waals surface area contributed by atoms with Gasteiger partial charge in [0.1, 0.15) is 29.1 Å². The van der Waals surface area contributed by atoms with Crippen LogP contribution in [-0.4, -0.2) is 56.5 Å². The Labute approximate surface area is 183 Å². The molecule has 0 aromatic carbocycles. The highest BCUT2D eigenvalue weighted by Crippen LogP contribution is 2.37. The molecule has 11 heteroatoms. The average molecular weight is 443 g/mol. The summed E-state index contributed by atoms with van der Waals surface area (Å²) >= 11 is 0. The number of amides is 1. The van der Waals surface area contributed by atoms with Crippen molar-refractivity contribution < 1.29 is 14.3 Å². The molecule has 0 bridgehead atoms. The summed E-state index contributed by atoms with van der Waals surface area (Å²) in [4.78, 5) is 30.0. The molecule has 0 saturated heterocycles. The average Bonchev–Trinajstić information content (AvgIpc) is 3.34. The van der Waals surface area contributed by atoms with Crippen molar-refractivity contribution in [3.8, 4) is 0 Å². The van der Waals surface area contributed by atoms with Crippen molar-refractivity contribution in [2.24, 2.45) is 5.41 Å². The van der Waals surface area contributed by atoms with E-state index in [1.807, 2.05) is 13.8 Å². The van der Waals surface area contributed by atoms with Crippen molar-refractivity contribution in [1.29, 1.82) is 0 Å². The maximum atomic E-state index is 13.5. The van der Waals surface area contributed by atoms with Gasteiger partial charge in [-0.1, -0.05) is 13.8 Å². The summed E-state index contributed by atoms with van der Waals surface area (Å²) in [5.74, 6) is 0.502. The number of alkyl halides is 1. The molecule has 3 aromatic rings. The first-order chi connectivity index (χ1) is 15.2. The fourth-order valence-electron chi connectivity index (χ4n) is 3.28. The molecule has 0 unspecified atom stereocenters. The van der Waals surface area contributed by atoms with E-state index in [1.165, 1.54) is 15.3 Å². The number of halogens is 1. The molecule has 32 heavy (non-hydrogen) atoms. The minimum Gasteiger partial charge on any atom is -0.396 e. The number of hydrogen-bond donors (Lipinski definition) is 4. The number of pyridine rings is 1. The van der Waals surface area contributed by atoms with Crippen LogP contribution in [0, 0.1) is 5.41 Å². The van der Waals surface area contributed by atoms with E-state index in [-0.39, 0.29) is 35.9 Å². The molecule has 1 aliphatic carbocycles. The molecule has 4 rings (SSSR count). The number of nitrogens with zero attached hydrogens (tertiary/aromatic N) is 4. The van der Waals surface area contributed by atoms with Crippen molar-refractivity contribution >= 4 is 28.9 Å². The Morgan fingerprint density at radius 2 is 2.16 bits per heavy atom. The summed E-state index contributed by atoms with van der Waals surface area (Å²) < 4.78 is 16.3. The van der Waals surface area contributed by atoms with E-state index in [4.69, 9.17) is 0 Å². The Bertz CT molecular complexity index is 1220. The van der Waals surface area contributed by atoms with E-state index >= 15 is 0 Å². The molecular formula is C21H26FN7O3. The van der Waals surface area contributed by atoms with Gasteiger partial charge in [-0.05, 0) is 12.1 Å². The van der Waals surface area contributed by atoms with Gasteiger partial charge in [-0.3, -0.25) is 9.59 Å². The Balaban J connectivity index is 1.66. The fourth-order valence-corrected chi connectivity index (χ4v) is 3.28. The van der Waals surface area contributed by atoms with E-state index in [1.54, 1.807) is 31.4 Å². The molecule has 1 amide bonds. The van der Waals surface area contributed by atoms with Gasteiger partial charge in [-0.15, -0.1) is 0 Å². The number of carbonyl (C=O) groups excluding carboxylic acids is 1. The van der Waals surface area contributed by atoms with Crippen LogP contribution in [0.25, 0.3) is 5.65 Å². The molecule has 1 fully saturated rings. The second-order valence-corrected chi connectivity index (χ2v) is 8.65. The lowest BCUT2D eigenvalue weighted by molar-refractivity contribution is 0.0912. The Hall–Kier alpha value is -3.47. The Morgan fingerprint density at radius 3 is 2.81 bits per heavy atom. The molecule has 1 saturated carbocycles. The number of hydrogen-bond acceptors (Lipinski definition) is 7. The zero-order valence-electron chi connectivity index (χ0n) is 18.1. The van der Waals surface area contributed by atoms with Crippen LogP contribution >= 0.6 is 0 Å². The molecule has 0 aliphatic heterocycles. The van der Waals surface area contributed by atoms with Crippen LogP contribution in [0.4, 0.5) is 21.7 Å². The molecule has 170 valence electrons. The number of aliphatic hydroxyl groups is 1. The van der Waals surface area contributed by atoms with E-state index in [9.17, 15) is 19.1 Å². The van der Waals surface area contributed by atoms with Crippen molar-refractivity contribution in [2.45, 2.75) is 32.5 Å². The third-order valence-electron chi connectivity index (χ3n) is 5.40. The zero-order valence-corrected chi connectivity index (χ0v) is 18.1. The summed E-state index contributed by atoms with van der Waals surface area (Å²) in [6, 6.07) is 4.50. The molecule has 3 aromatic heterocycles. The maximum absolute atomic E-state index is 13.5. The molecule has 1 aliphatic rings. The van der Waals surface area contributed by atoms with Gasteiger partial charge in [0.25, 0.3) is 11.5 Å². The van der Waals surface area contributed by atoms with Crippen LogP contribution in [0.1, 0.15) is 36.7 Å². The molecule has 3 heterocycles. The second-order valence-electron chi connectivity index (χ2n) is 8.65. The van der Waals surface area contributed by atoms with E-state index in [2.05, 4.69) is 26.0 Å². The smallest absolute Gasteiger partial charge is 0.274 e. The first-order valence-corrected chi connectivity index (χ1v) is 10.3. The summed E-state index contributed by atoms with van der Waals surface area (Å²) in [5.41, 5.74) is -0.0187. The highest BCUT2D eigenvalue weighted by molar-refractivity contribution is 6.00. The first-order valence-electron chi connectivity index (χ1n) is 10.3. The number of aliphatic hydroxyl groups excluding tert-OH is 1. The van der Waals surface area contributed by atoms with Gasteiger partial charge in [0.05, 0.1) is 12.2 Å². The quantitative estimate of drug-likeness (QED) is 0.418. The third-order valence-corrected chi connectivity index (χ3v) is 5.40. The highest BCUT2D eigenvalue weighted by atomic mass is 19.1. The van der Waals surface area contributed by atoms with Crippen molar-refractivity contribution in [2.75, 3.05) is 30.8 Å². The lowest BCUT2D eigenvalue weighted by Gasteiger charge is -2.21. The summed E-state index contributed by atoms with van der Waals surface area (Å²) in [5, 5.41) is 22.4. The topological polar surface area (TPSA) is 126 Å². The monoisotopic (exact) mass is 443 g/mol. The van der Waals surface area contributed by atoms with Gasteiger partial charge in [-0.2, -0.15) is 9.61 Å². The van der Waals surface area contributed by atoms with Gasteiger partial charge < -0.3 is 25.6 Å². The van der Waals surface area contributed by atoms with Crippen molar-refractivity contribution in [3.05, 3.63) is 46.5 Å². The maximum Gasteiger partial charge on any atom is 0.274 e. The number of fused-ring (bicyclic) bond motifs is 1. The standard InChI is InChI=1S/C21H26FN7O3/c1-21(2,11-30)10-24-19(31)12-9-25-29-17(23-3)8-16(27-18(12)29)26-14-5-4-6-28(20(14)32)15-7-13(15)22/h4-6,8-9,13,15,23,30H,7,10-11H2,1-3H3,(H,24,31)(H,26,27)/t13-,15-/m0/s1.